The summed E-state index contributed by atoms with van der Waals surface area (Å²) in [7, 11) is 1.85. The van der Waals surface area contributed by atoms with Crippen LogP contribution in [-0.4, -0.2) is 74.2 Å². The fraction of sp³-hybridized carbons (Fsp3) is 0.696. The van der Waals surface area contributed by atoms with Gasteiger partial charge in [0.15, 0.2) is 5.96 Å². The molecule has 2 aliphatic rings. The molecule has 0 bridgehead atoms. The summed E-state index contributed by atoms with van der Waals surface area (Å²) in [6, 6.07) is 8.51. The molecule has 2 aliphatic heterocycles. The normalized spacial score (nSPS) is 23.8. The first-order valence-electron chi connectivity index (χ1n) is 11.1. The molecule has 6 heteroatoms. The molecule has 1 saturated heterocycles. The molecule has 1 fully saturated rings. The lowest BCUT2D eigenvalue weighted by atomic mass is 9.90. The maximum absolute atomic E-state index is 6.15. The van der Waals surface area contributed by atoms with E-state index in [1.165, 1.54) is 38.3 Å². The van der Waals surface area contributed by atoms with E-state index in [2.05, 4.69) is 71.3 Å². The zero-order chi connectivity index (χ0) is 20.9. The summed E-state index contributed by atoms with van der Waals surface area (Å²) in [6.07, 6.45) is 0.905. The van der Waals surface area contributed by atoms with Crippen LogP contribution in [0.1, 0.15) is 45.7 Å². The summed E-state index contributed by atoms with van der Waals surface area (Å²) < 4.78 is 6.15. The Morgan fingerprint density at radius 2 is 1.90 bits per heavy atom. The second kappa shape index (κ2) is 9.81. The molecule has 2 atom stereocenters. The first-order valence-corrected chi connectivity index (χ1v) is 11.1. The molecular formula is C23H39N5O. The van der Waals surface area contributed by atoms with E-state index in [0.717, 1.165) is 31.2 Å². The fourth-order valence-corrected chi connectivity index (χ4v) is 4.36. The molecule has 3 rings (SSSR count). The Kier molecular flexibility index (Phi) is 7.41. The van der Waals surface area contributed by atoms with Gasteiger partial charge in [-0.2, -0.15) is 0 Å². The maximum atomic E-state index is 6.15. The van der Waals surface area contributed by atoms with Gasteiger partial charge in [0.05, 0.1) is 6.04 Å². The molecule has 0 amide bonds. The monoisotopic (exact) mass is 401 g/mol. The number of hydrogen-bond donors (Lipinski definition) is 2. The van der Waals surface area contributed by atoms with E-state index < -0.39 is 0 Å². The van der Waals surface area contributed by atoms with E-state index >= 15 is 0 Å². The van der Waals surface area contributed by atoms with Gasteiger partial charge in [-0.3, -0.25) is 4.99 Å². The lowest BCUT2D eigenvalue weighted by Crippen LogP contribution is -2.49. The number of ether oxygens (including phenoxy) is 1. The predicted octanol–water partition coefficient (Wildman–Crippen LogP) is 2.73. The van der Waals surface area contributed by atoms with E-state index in [1.807, 2.05) is 13.1 Å². The molecule has 0 saturated carbocycles. The molecule has 0 spiro atoms. The molecule has 0 aliphatic carbocycles. The van der Waals surface area contributed by atoms with Gasteiger partial charge in [0, 0.05) is 58.3 Å². The highest BCUT2D eigenvalue weighted by Crippen LogP contribution is 2.39. The van der Waals surface area contributed by atoms with Crippen molar-refractivity contribution in [1.29, 1.82) is 0 Å². The number of likely N-dealkylation sites (N-methyl/N-ethyl adjacent to an activating group) is 1. The van der Waals surface area contributed by atoms with Crippen LogP contribution in [0.3, 0.4) is 0 Å². The number of piperazine rings is 1. The van der Waals surface area contributed by atoms with Crippen LogP contribution in [0.2, 0.25) is 0 Å². The third-order valence-electron chi connectivity index (χ3n) is 6.01. The molecule has 2 N–H and O–H groups in total. The SMILES string of the molecule is CCN1CCN(CC(C)CNC(=NC)NC2CC(C)(C)Oc3ccccc32)CC1. The van der Waals surface area contributed by atoms with Crippen LogP contribution in [0.15, 0.2) is 29.3 Å². The predicted molar refractivity (Wildman–Crippen MR) is 121 cm³/mol. The van der Waals surface area contributed by atoms with E-state index in [4.69, 9.17) is 4.74 Å². The summed E-state index contributed by atoms with van der Waals surface area (Å²) in [5, 5.41) is 7.17. The summed E-state index contributed by atoms with van der Waals surface area (Å²) in [4.78, 5) is 9.59. The topological polar surface area (TPSA) is 52.1 Å². The smallest absolute Gasteiger partial charge is 0.191 e. The lowest BCUT2D eigenvalue weighted by molar-refractivity contribution is 0.0694. The minimum Gasteiger partial charge on any atom is -0.487 e. The third kappa shape index (κ3) is 6.09. The Labute approximate surface area is 176 Å². The average molecular weight is 402 g/mol. The number of nitrogens with one attached hydrogen (secondary N) is 2. The van der Waals surface area contributed by atoms with E-state index in [9.17, 15) is 0 Å². The number of benzene rings is 1. The van der Waals surface area contributed by atoms with Gasteiger partial charge in [0.25, 0.3) is 0 Å². The molecular weight excluding hydrogens is 362 g/mol. The number of rotatable bonds is 6. The van der Waals surface area contributed by atoms with Crippen LogP contribution < -0.4 is 15.4 Å². The lowest BCUT2D eigenvalue weighted by Gasteiger charge is -2.38. The van der Waals surface area contributed by atoms with Gasteiger partial charge >= 0.3 is 0 Å². The number of nitrogens with zero attached hydrogens (tertiary/aromatic N) is 3. The van der Waals surface area contributed by atoms with E-state index in [1.54, 1.807) is 0 Å². The zero-order valence-electron chi connectivity index (χ0n) is 18.9. The Hall–Kier alpha value is -1.79. The second-order valence-corrected chi connectivity index (χ2v) is 9.09. The van der Waals surface area contributed by atoms with Gasteiger partial charge in [-0.15, -0.1) is 0 Å². The van der Waals surface area contributed by atoms with Gasteiger partial charge in [0.1, 0.15) is 11.4 Å². The van der Waals surface area contributed by atoms with Crippen LogP contribution in [0, 0.1) is 5.92 Å². The summed E-state index contributed by atoms with van der Waals surface area (Å²) in [6.45, 7) is 16.8. The van der Waals surface area contributed by atoms with Crippen molar-refractivity contribution in [1.82, 2.24) is 20.4 Å². The van der Waals surface area contributed by atoms with Crippen molar-refractivity contribution >= 4 is 5.96 Å². The first kappa shape index (κ1) is 21.9. The van der Waals surface area contributed by atoms with Crippen LogP contribution in [0.5, 0.6) is 5.75 Å². The maximum Gasteiger partial charge on any atom is 0.191 e. The summed E-state index contributed by atoms with van der Waals surface area (Å²) in [5.74, 6) is 2.40. The molecule has 6 nitrogen and oxygen atoms in total. The van der Waals surface area contributed by atoms with Crippen molar-refractivity contribution in [2.75, 3.05) is 52.9 Å². The number of guanidine groups is 1. The molecule has 1 aromatic carbocycles. The van der Waals surface area contributed by atoms with E-state index in [0.29, 0.717) is 5.92 Å². The highest BCUT2D eigenvalue weighted by atomic mass is 16.5. The highest BCUT2D eigenvalue weighted by molar-refractivity contribution is 5.80. The van der Waals surface area contributed by atoms with Crippen LogP contribution >= 0.6 is 0 Å². The quantitative estimate of drug-likeness (QED) is 0.567. The van der Waals surface area contributed by atoms with Crippen molar-refractivity contribution < 1.29 is 4.74 Å². The number of para-hydroxylation sites is 1. The van der Waals surface area contributed by atoms with Gasteiger partial charge in [-0.1, -0.05) is 32.0 Å². The molecule has 1 aromatic rings. The Morgan fingerprint density at radius 1 is 1.21 bits per heavy atom. The van der Waals surface area contributed by atoms with Gasteiger partial charge in [-0.25, -0.2) is 0 Å². The molecule has 29 heavy (non-hydrogen) atoms. The first-order chi connectivity index (χ1) is 13.9. The number of aliphatic imine (C=N–C) groups is 1. The fourth-order valence-electron chi connectivity index (χ4n) is 4.36. The van der Waals surface area contributed by atoms with Gasteiger partial charge in [-0.05, 0) is 32.4 Å². The van der Waals surface area contributed by atoms with Crippen molar-refractivity contribution in [3.63, 3.8) is 0 Å². The van der Waals surface area contributed by atoms with Gasteiger partial charge in [0.2, 0.25) is 0 Å². The zero-order valence-corrected chi connectivity index (χ0v) is 18.9. The Balaban J connectivity index is 1.51. The Bertz CT molecular complexity index is 682. The molecule has 2 heterocycles. The highest BCUT2D eigenvalue weighted by Gasteiger charge is 2.34. The van der Waals surface area contributed by atoms with Crippen molar-refractivity contribution in [2.24, 2.45) is 10.9 Å². The molecule has 162 valence electrons. The summed E-state index contributed by atoms with van der Waals surface area (Å²) in [5.41, 5.74) is 1.01. The van der Waals surface area contributed by atoms with Crippen LogP contribution in [0.25, 0.3) is 0 Å². The number of fused-ring (bicyclic) bond motifs is 1. The summed E-state index contributed by atoms with van der Waals surface area (Å²) >= 11 is 0. The van der Waals surface area contributed by atoms with Crippen molar-refractivity contribution in [2.45, 2.75) is 45.8 Å². The minimum atomic E-state index is -0.196. The largest absolute Gasteiger partial charge is 0.487 e. The van der Waals surface area contributed by atoms with Crippen molar-refractivity contribution in [3.05, 3.63) is 29.8 Å². The Morgan fingerprint density at radius 3 is 2.59 bits per heavy atom. The average Bonchev–Trinajstić information content (AvgIpc) is 2.70. The van der Waals surface area contributed by atoms with Gasteiger partial charge < -0.3 is 25.2 Å². The second-order valence-electron chi connectivity index (χ2n) is 9.09. The van der Waals surface area contributed by atoms with E-state index in [-0.39, 0.29) is 11.6 Å². The minimum absolute atomic E-state index is 0.193. The van der Waals surface area contributed by atoms with Crippen LogP contribution in [-0.2, 0) is 0 Å². The third-order valence-corrected chi connectivity index (χ3v) is 6.01. The van der Waals surface area contributed by atoms with Crippen molar-refractivity contribution in [3.8, 4) is 5.75 Å². The molecule has 0 aromatic heterocycles. The number of hydrogen-bond acceptors (Lipinski definition) is 4. The van der Waals surface area contributed by atoms with Crippen LogP contribution in [0.4, 0.5) is 0 Å². The molecule has 0 radical (unpaired) electrons. The molecule has 2 unspecified atom stereocenters. The standard InChI is InChI=1S/C23H39N5O/c1-6-27-11-13-28(14-12-27)17-18(2)16-25-22(24-5)26-20-15-23(3,4)29-21-10-8-7-9-19(20)21/h7-10,18,20H,6,11-17H2,1-5H3,(H2,24,25,26).